The summed E-state index contributed by atoms with van der Waals surface area (Å²) in [7, 11) is 2.15. The number of benzene rings is 2. The zero-order chi connectivity index (χ0) is 11.7. The highest BCUT2D eigenvalue weighted by Gasteiger charge is 2.21. The van der Waals surface area contributed by atoms with Gasteiger partial charge in [0, 0.05) is 13.6 Å². The highest BCUT2D eigenvalue weighted by Crippen LogP contribution is 2.34. The third-order valence-electron chi connectivity index (χ3n) is 3.30. The molecule has 0 saturated carbocycles. The molecule has 1 N–H and O–H groups in total. The average molecular weight is 224 g/mol. The second-order valence-corrected chi connectivity index (χ2v) is 4.51. The summed E-state index contributed by atoms with van der Waals surface area (Å²) in [5.74, 6) is 0. The van der Waals surface area contributed by atoms with Crippen molar-refractivity contribution in [1.82, 2.24) is 0 Å². The number of nitrogens with zero attached hydrogens (tertiary/aromatic N) is 1. The number of para-hydroxylation sites is 2. The van der Waals surface area contributed by atoms with E-state index in [4.69, 9.17) is 0 Å². The molecule has 0 radical (unpaired) electrons. The summed E-state index contributed by atoms with van der Waals surface area (Å²) in [5.41, 5.74) is 3.84. The molecule has 0 amide bonds. The fourth-order valence-electron chi connectivity index (χ4n) is 2.41. The molecular formula is C15H16N2. The number of likely N-dealkylation sites (N-methyl/N-ethyl adjacent to an activating group) is 1. The van der Waals surface area contributed by atoms with E-state index < -0.39 is 0 Å². The Morgan fingerprint density at radius 1 is 1.00 bits per heavy atom. The first-order valence-electron chi connectivity index (χ1n) is 5.96. The highest BCUT2D eigenvalue weighted by atomic mass is 15.2. The van der Waals surface area contributed by atoms with Crippen molar-refractivity contribution >= 4 is 11.4 Å². The van der Waals surface area contributed by atoms with Crippen LogP contribution in [0.5, 0.6) is 0 Å². The first kappa shape index (κ1) is 10.2. The second kappa shape index (κ2) is 4.13. The molecule has 2 nitrogen and oxygen atoms in total. The molecule has 17 heavy (non-hydrogen) atoms. The molecule has 1 unspecified atom stereocenters. The van der Waals surface area contributed by atoms with Crippen LogP contribution in [-0.2, 0) is 0 Å². The van der Waals surface area contributed by atoms with Gasteiger partial charge in [-0.25, -0.2) is 0 Å². The standard InChI is InChI=1S/C15H16N2/c1-17-11-14(12-7-3-2-4-8-12)16-13-9-5-6-10-15(13)17/h2-10,14,16H,11H2,1H3. The first-order valence-corrected chi connectivity index (χ1v) is 5.96. The van der Waals surface area contributed by atoms with E-state index in [1.54, 1.807) is 0 Å². The predicted octanol–water partition coefficient (Wildman–Crippen LogP) is 3.29. The van der Waals surface area contributed by atoms with Crippen molar-refractivity contribution in [2.24, 2.45) is 0 Å². The zero-order valence-electron chi connectivity index (χ0n) is 9.93. The molecule has 2 heteroatoms. The molecule has 0 bridgehead atoms. The topological polar surface area (TPSA) is 15.3 Å². The van der Waals surface area contributed by atoms with Gasteiger partial charge in [-0.1, -0.05) is 42.5 Å². The van der Waals surface area contributed by atoms with E-state index in [0.717, 1.165) is 6.54 Å². The van der Waals surface area contributed by atoms with Gasteiger partial charge in [0.25, 0.3) is 0 Å². The maximum Gasteiger partial charge on any atom is 0.0689 e. The van der Waals surface area contributed by atoms with Gasteiger partial charge in [0.15, 0.2) is 0 Å². The van der Waals surface area contributed by atoms with Crippen LogP contribution < -0.4 is 10.2 Å². The molecule has 2 aromatic carbocycles. The van der Waals surface area contributed by atoms with Crippen LogP contribution in [0.3, 0.4) is 0 Å². The Hall–Kier alpha value is -1.96. The van der Waals surface area contributed by atoms with E-state index in [-0.39, 0.29) is 0 Å². The van der Waals surface area contributed by atoms with Crippen LogP contribution in [0.1, 0.15) is 11.6 Å². The summed E-state index contributed by atoms with van der Waals surface area (Å²) < 4.78 is 0. The molecule has 2 aromatic rings. The van der Waals surface area contributed by atoms with E-state index in [9.17, 15) is 0 Å². The van der Waals surface area contributed by atoms with Gasteiger partial charge in [0.2, 0.25) is 0 Å². The molecule has 0 spiro atoms. The Bertz CT molecular complexity index is 507. The molecule has 0 fully saturated rings. The van der Waals surface area contributed by atoms with E-state index in [1.165, 1.54) is 16.9 Å². The van der Waals surface area contributed by atoms with Crippen molar-refractivity contribution in [2.45, 2.75) is 6.04 Å². The predicted molar refractivity (Wildman–Crippen MR) is 72.5 cm³/mol. The van der Waals surface area contributed by atoms with Gasteiger partial charge in [-0.15, -0.1) is 0 Å². The lowest BCUT2D eigenvalue weighted by atomic mass is 10.0. The van der Waals surface area contributed by atoms with Crippen LogP contribution in [0.15, 0.2) is 54.6 Å². The van der Waals surface area contributed by atoms with Crippen LogP contribution in [0.25, 0.3) is 0 Å². The zero-order valence-corrected chi connectivity index (χ0v) is 9.93. The van der Waals surface area contributed by atoms with Gasteiger partial charge in [-0.2, -0.15) is 0 Å². The van der Waals surface area contributed by atoms with Crippen molar-refractivity contribution < 1.29 is 0 Å². The summed E-state index contributed by atoms with van der Waals surface area (Å²) >= 11 is 0. The number of hydrogen-bond acceptors (Lipinski definition) is 2. The number of hydrogen-bond donors (Lipinski definition) is 1. The smallest absolute Gasteiger partial charge is 0.0689 e. The summed E-state index contributed by atoms with van der Waals surface area (Å²) in [5, 5.41) is 3.60. The van der Waals surface area contributed by atoms with E-state index in [2.05, 4.69) is 71.9 Å². The molecule has 3 rings (SSSR count). The van der Waals surface area contributed by atoms with Crippen molar-refractivity contribution in [3.05, 3.63) is 60.2 Å². The van der Waals surface area contributed by atoms with Crippen LogP contribution in [0, 0.1) is 0 Å². The Morgan fingerprint density at radius 3 is 2.53 bits per heavy atom. The molecule has 1 aliphatic heterocycles. The van der Waals surface area contributed by atoms with Gasteiger partial charge in [0.05, 0.1) is 17.4 Å². The SMILES string of the molecule is CN1CC(c2ccccc2)Nc2ccccc21. The van der Waals surface area contributed by atoms with Gasteiger partial charge in [-0.3, -0.25) is 0 Å². The molecule has 0 saturated heterocycles. The van der Waals surface area contributed by atoms with Gasteiger partial charge < -0.3 is 10.2 Å². The number of anilines is 2. The van der Waals surface area contributed by atoms with E-state index in [1.807, 2.05) is 0 Å². The van der Waals surface area contributed by atoms with E-state index >= 15 is 0 Å². The van der Waals surface area contributed by atoms with Crippen molar-refractivity contribution in [3.63, 3.8) is 0 Å². The lowest BCUT2D eigenvalue weighted by molar-refractivity contribution is 0.725. The lowest BCUT2D eigenvalue weighted by Gasteiger charge is -2.35. The van der Waals surface area contributed by atoms with Gasteiger partial charge in [-0.05, 0) is 17.7 Å². The molecule has 1 atom stereocenters. The third-order valence-corrected chi connectivity index (χ3v) is 3.30. The number of rotatable bonds is 1. The van der Waals surface area contributed by atoms with Crippen molar-refractivity contribution in [2.75, 3.05) is 23.8 Å². The normalized spacial score (nSPS) is 18.4. The van der Waals surface area contributed by atoms with Crippen LogP contribution in [-0.4, -0.2) is 13.6 Å². The van der Waals surface area contributed by atoms with Gasteiger partial charge in [0.1, 0.15) is 0 Å². The van der Waals surface area contributed by atoms with Crippen molar-refractivity contribution in [1.29, 1.82) is 0 Å². The summed E-state index contributed by atoms with van der Waals surface area (Å²) in [6, 6.07) is 19.4. The largest absolute Gasteiger partial charge is 0.375 e. The minimum absolute atomic E-state index is 0.371. The minimum Gasteiger partial charge on any atom is -0.375 e. The molecule has 1 aliphatic rings. The maximum atomic E-state index is 3.60. The number of nitrogens with one attached hydrogen (secondary N) is 1. The first-order chi connectivity index (χ1) is 8.34. The summed E-state index contributed by atoms with van der Waals surface area (Å²) in [4.78, 5) is 2.31. The molecule has 1 heterocycles. The third kappa shape index (κ3) is 1.86. The molecule has 0 aliphatic carbocycles. The Labute approximate surface area is 102 Å². The minimum atomic E-state index is 0.371. The average Bonchev–Trinajstić information content (AvgIpc) is 2.40. The molecule has 86 valence electrons. The van der Waals surface area contributed by atoms with Crippen LogP contribution >= 0.6 is 0 Å². The van der Waals surface area contributed by atoms with E-state index in [0.29, 0.717) is 6.04 Å². The molecular weight excluding hydrogens is 208 g/mol. The number of fused-ring (bicyclic) bond motifs is 1. The highest BCUT2D eigenvalue weighted by molar-refractivity contribution is 5.72. The second-order valence-electron chi connectivity index (χ2n) is 4.51. The fourth-order valence-corrected chi connectivity index (χ4v) is 2.41. The molecule has 0 aromatic heterocycles. The Kier molecular flexibility index (Phi) is 2.48. The monoisotopic (exact) mass is 224 g/mol. The lowest BCUT2D eigenvalue weighted by Crippen LogP contribution is -2.33. The van der Waals surface area contributed by atoms with Crippen LogP contribution in [0.4, 0.5) is 11.4 Å². The summed E-state index contributed by atoms with van der Waals surface area (Å²) in [6.45, 7) is 1.00. The van der Waals surface area contributed by atoms with Gasteiger partial charge >= 0.3 is 0 Å². The summed E-state index contributed by atoms with van der Waals surface area (Å²) in [6.07, 6.45) is 0. The maximum absolute atomic E-state index is 3.60. The van der Waals surface area contributed by atoms with Crippen LogP contribution in [0.2, 0.25) is 0 Å². The van der Waals surface area contributed by atoms with Crippen molar-refractivity contribution in [3.8, 4) is 0 Å². The Balaban J connectivity index is 1.94. The quantitative estimate of drug-likeness (QED) is 0.799. The Morgan fingerprint density at radius 2 is 1.71 bits per heavy atom. The fraction of sp³-hybridized carbons (Fsp3) is 0.200.